The van der Waals surface area contributed by atoms with E-state index in [4.69, 9.17) is 4.52 Å². The molecule has 3 rings (SSSR count). The summed E-state index contributed by atoms with van der Waals surface area (Å²) in [7, 11) is 0. The smallest absolute Gasteiger partial charge is 0.213 e. The van der Waals surface area contributed by atoms with Crippen LogP contribution in [0, 0.1) is 5.92 Å². The van der Waals surface area contributed by atoms with Gasteiger partial charge in [-0.15, -0.1) is 0 Å². The van der Waals surface area contributed by atoms with E-state index in [9.17, 15) is 0 Å². The standard InChI is InChI=1S/C11H18N4O/c1-4-12-10(9-2-3-9)6-15(5-1)7-11-13-8-16-14-11/h8-10,12H,1-7H2. The van der Waals surface area contributed by atoms with Gasteiger partial charge in [-0.25, -0.2) is 0 Å². The first-order valence-electron chi connectivity index (χ1n) is 6.13. The van der Waals surface area contributed by atoms with E-state index in [0.717, 1.165) is 37.9 Å². The minimum Gasteiger partial charge on any atom is -0.343 e. The minimum absolute atomic E-state index is 0.675. The van der Waals surface area contributed by atoms with Crippen LogP contribution in [-0.2, 0) is 6.54 Å². The van der Waals surface area contributed by atoms with E-state index in [1.165, 1.54) is 25.7 Å². The SMILES string of the molecule is c1nc(CN2CCCNC(C3CC3)C2)no1. The number of hydrogen-bond donors (Lipinski definition) is 1. The zero-order valence-electron chi connectivity index (χ0n) is 9.43. The number of nitrogens with zero attached hydrogens (tertiary/aromatic N) is 3. The third kappa shape index (κ3) is 2.41. The van der Waals surface area contributed by atoms with Gasteiger partial charge in [-0.2, -0.15) is 4.98 Å². The average Bonchev–Trinajstić information content (AvgIpc) is 3.03. The Hall–Kier alpha value is -0.940. The van der Waals surface area contributed by atoms with E-state index in [1.807, 2.05) is 0 Å². The highest BCUT2D eigenvalue weighted by Crippen LogP contribution is 2.33. The van der Waals surface area contributed by atoms with Crippen LogP contribution in [-0.4, -0.2) is 40.7 Å². The second kappa shape index (κ2) is 4.51. The van der Waals surface area contributed by atoms with Crippen LogP contribution in [0.5, 0.6) is 0 Å². The highest BCUT2D eigenvalue weighted by atomic mass is 16.5. The van der Waals surface area contributed by atoms with E-state index in [2.05, 4.69) is 20.4 Å². The Morgan fingerprint density at radius 2 is 2.44 bits per heavy atom. The molecule has 0 spiro atoms. The van der Waals surface area contributed by atoms with E-state index >= 15 is 0 Å². The van der Waals surface area contributed by atoms with Gasteiger partial charge >= 0.3 is 0 Å². The second-order valence-electron chi connectivity index (χ2n) is 4.83. The molecule has 1 aliphatic carbocycles. The largest absolute Gasteiger partial charge is 0.343 e. The van der Waals surface area contributed by atoms with Crippen molar-refractivity contribution in [3.63, 3.8) is 0 Å². The molecule has 2 heterocycles. The van der Waals surface area contributed by atoms with Crippen LogP contribution in [0.3, 0.4) is 0 Å². The first kappa shape index (κ1) is 10.2. The van der Waals surface area contributed by atoms with Gasteiger partial charge in [0.25, 0.3) is 0 Å². The third-order valence-corrected chi connectivity index (χ3v) is 3.48. The van der Waals surface area contributed by atoms with Crippen molar-refractivity contribution >= 4 is 0 Å². The highest BCUT2D eigenvalue weighted by Gasteiger charge is 2.33. The van der Waals surface area contributed by atoms with Crippen LogP contribution in [0.4, 0.5) is 0 Å². The Morgan fingerprint density at radius 3 is 3.19 bits per heavy atom. The summed E-state index contributed by atoms with van der Waals surface area (Å²) in [6.45, 7) is 4.22. The summed E-state index contributed by atoms with van der Waals surface area (Å²) < 4.78 is 4.77. The number of hydrogen-bond acceptors (Lipinski definition) is 5. The van der Waals surface area contributed by atoms with Gasteiger partial charge in [0.2, 0.25) is 6.39 Å². The van der Waals surface area contributed by atoms with Crippen molar-refractivity contribution in [2.75, 3.05) is 19.6 Å². The topological polar surface area (TPSA) is 54.2 Å². The lowest BCUT2D eigenvalue weighted by Gasteiger charge is -2.22. The van der Waals surface area contributed by atoms with Crippen LogP contribution in [0.15, 0.2) is 10.9 Å². The first-order valence-corrected chi connectivity index (χ1v) is 6.13. The monoisotopic (exact) mass is 222 g/mol. The van der Waals surface area contributed by atoms with Crippen molar-refractivity contribution in [2.24, 2.45) is 5.92 Å². The zero-order valence-corrected chi connectivity index (χ0v) is 9.43. The fraction of sp³-hybridized carbons (Fsp3) is 0.818. The summed E-state index contributed by atoms with van der Waals surface area (Å²) in [4.78, 5) is 6.52. The molecule has 5 heteroatoms. The molecule has 0 bridgehead atoms. The first-order chi connectivity index (χ1) is 7.92. The molecule has 1 saturated carbocycles. The Morgan fingerprint density at radius 1 is 1.50 bits per heavy atom. The Balaban J connectivity index is 1.60. The molecule has 2 aliphatic rings. The lowest BCUT2D eigenvalue weighted by molar-refractivity contribution is 0.241. The van der Waals surface area contributed by atoms with Gasteiger partial charge in [0.05, 0.1) is 6.54 Å². The number of rotatable bonds is 3. The van der Waals surface area contributed by atoms with Crippen LogP contribution < -0.4 is 5.32 Å². The molecule has 88 valence electrons. The molecule has 1 N–H and O–H groups in total. The minimum atomic E-state index is 0.675. The van der Waals surface area contributed by atoms with Gasteiger partial charge in [-0.3, -0.25) is 4.90 Å². The molecule has 1 saturated heterocycles. The number of nitrogens with one attached hydrogen (secondary N) is 1. The summed E-state index contributed by atoms with van der Waals surface area (Å²) >= 11 is 0. The van der Waals surface area contributed by atoms with Gasteiger partial charge in [-0.05, 0) is 38.3 Å². The van der Waals surface area contributed by atoms with E-state index in [1.54, 1.807) is 0 Å². The molecular weight excluding hydrogens is 204 g/mol. The second-order valence-corrected chi connectivity index (χ2v) is 4.83. The van der Waals surface area contributed by atoms with Crippen LogP contribution in [0.25, 0.3) is 0 Å². The van der Waals surface area contributed by atoms with Gasteiger partial charge in [0.1, 0.15) is 0 Å². The van der Waals surface area contributed by atoms with Crippen LogP contribution in [0.2, 0.25) is 0 Å². The summed E-state index contributed by atoms with van der Waals surface area (Å²) in [6, 6.07) is 0.675. The molecule has 5 nitrogen and oxygen atoms in total. The van der Waals surface area contributed by atoms with Crippen LogP contribution >= 0.6 is 0 Å². The molecule has 0 aromatic carbocycles. The van der Waals surface area contributed by atoms with Gasteiger partial charge in [0.15, 0.2) is 5.82 Å². The Kier molecular flexibility index (Phi) is 2.88. The molecule has 1 atom stereocenters. The van der Waals surface area contributed by atoms with Crippen molar-refractivity contribution in [2.45, 2.75) is 31.8 Å². The molecule has 16 heavy (non-hydrogen) atoms. The Labute approximate surface area is 95.2 Å². The molecular formula is C11H18N4O. The van der Waals surface area contributed by atoms with Crippen molar-refractivity contribution in [3.8, 4) is 0 Å². The zero-order chi connectivity index (χ0) is 10.8. The fourth-order valence-electron chi connectivity index (χ4n) is 2.44. The fourth-order valence-corrected chi connectivity index (χ4v) is 2.44. The summed E-state index contributed by atoms with van der Waals surface area (Å²) in [5.74, 6) is 1.71. The molecule has 1 unspecified atom stereocenters. The predicted molar refractivity (Wildman–Crippen MR) is 58.7 cm³/mol. The highest BCUT2D eigenvalue weighted by molar-refractivity contribution is 4.91. The molecule has 1 aromatic heterocycles. The summed E-state index contributed by atoms with van der Waals surface area (Å²) in [6.07, 6.45) is 5.41. The van der Waals surface area contributed by atoms with Gasteiger partial charge in [-0.1, -0.05) is 5.16 Å². The maximum Gasteiger partial charge on any atom is 0.213 e. The molecule has 0 radical (unpaired) electrons. The predicted octanol–water partition coefficient (Wildman–Crippen LogP) is 0.643. The lowest BCUT2D eigenvalue weighted by atomic mass is 10.2. The lowest BCUT2D eigenvalue weighted by Crippen LogP contribution is -2.39. The maximum absolute atomic E-state index is 4.77. The summed E-state index contributed by atoms with van der Waals surface area (Å²) in [5.41, 5.74) is 0. The number of aromatic nitrogens is 2. The molecule has 1 aromatic rings. The average molecular weight is 222 g/mol. The summed E-state index contributed by atoms with van der Waals surface area (Å²) in [5, 5.41) is 7.53. The molecule has 0 amide bonds. The Bertz CT molecular complexity index is 323. The van der Waals surface area contributed by atoms with Crippen molar-refractivity contribution < 1.29 is 4.52 Å². The van der Waals surface area contributed by atoms with Crippen LogP contribution in [0.1, 0.15) is 25.1 Å². The maximum atomic E-state index is 4.77. The van der Waals surface area contributed by atoms with Crippen molar-refractivity contribution in [3.05, 3.63) is 12.2 Å². The van der Waals surface area contributed by atoms with E-state index < -0.39 is 0 Å². The molecule has 1 aliphatic heterocycles. The van der Waals surface area contributed by atoms with E-state index in [0.29, 0.717) is 6.04 Å². The third-order valence-electron chi connectivity index (χ3n) is 3.48. The molecule has 2 fully saturated rings. The van der Waals surface area contributed by atoms with Crippen molar-refractivity contribution in [1.82, 2.24) is 20.4 Å². The normalized spacial score (nSPS) is 27.9. The van der Waals surface area contributed by atoms with Gasteiger partial charge < -0.3 is 9.84 Å². The quantitative estimate of drug-likeness (QED) is 0.813. The van der Waals surface area contributed by atoms with E-state index in [-0.39, 0.29) is 0 Å². The van der Waals surface area contributed by atoms with Gasteiger partial charge in [0, 0.05) is 12.6 Å². The van der Waals surface area contributed by atoms with Crippen molar-refractivity contribution in [1.29, 1.82) is 0 Å².